The Bertz CT molecular complexity index is 138. The summed E-state index contributed by atoms with van der Waals surface area (Å²) in [7, 11) is 0. The largest absolute Gasteiger partial charge is 0.0770 e. The summed E-state index contributed by atoms with van der Waals surface area (Å²) in [5.41, 5.74) is 3.23. The lowest BCUT2D eigenvalue weighted by Gasteiger charge is -2.16. The Kier molecular flexibility index (Phi) is 6.14. The van der Waals surface area contributed by atoms with E-state index in [9.17, 15) is 0 Å². The summed E-state index contributed by atoms with van der Waals surface area (Å²) < 4.78 is 0. The first-order valence-electron chi connectivity index (χ1n) is 5.29. The van der Waals surface area contributed by atoms with Crippen LogP contribution in [0, 0.1) is 5.92 Å². The average molecular weight is 168 g/mol. The summed E-state index contributed by atoms with van der Waals surface area (Å²) in [6.45, 7) is 11.4. The molecule has 12 heavy (non-hydrogen) atoms. The molecule has 1 atom stereocenters. The third kappa shape index (κ3) is 3.94. The van der Waals surface area contributed by atoms with Crippen LogP contribution in [0.3, 0.4) is 0 Å². The van der Waals surface area contributed by atoms with Gasteiger partial charge in [-0.3, -0.25) is 0 Å². The van der Waals surface area contributed by atoms with Gasteiger partial charge in [-0.2, -0.15) is 0 Å². The first-order valence-corrected chi connectivity index (χ1v) is 5.29. The summed E-state index contributed by atoms with van der Waals surface area (Å²) in [4.78, 5) is 0. The number of rotatable bonds is 5. The van der Waals surface area contributed by atoms with Gasteiger partial charge in [-0.25, -0.2) is 0 Å². The fraction of sp³-hybridized carbons (Fsp3) is 0.833. The maximum Gasteiger partial charge on any atom is -0.0229 e. The number of hydrogen-bond donors (Lipinski definition) is 0. The minimum Gasteiger partial charge on any atom is -0.0770 e. The van der Waals surface area contributed by atoms with Crippen molar-refractivity contribution in [2.45, 2.75) is 60.3 Å². The molecule has 0 aromatic heterocycles. The molecule has 0 radical (unpaired) electrons. The van der Waals surface area contributed by atoms with Crippen LogP contribution in [0.15, 0.2) is 11.1 Å². The molecule has 0 aromatic rings. The fourth-order valence-electron chi connectivity index (χ4n) is 1.87. The van der Waals surface area contributed by atoms with Gasteiger partial charge in [0.15, 0.2) is 0 Å². The van der Waals surface area contributed by atoms with Gasteiger partial charge in [-0.1, -0.05) is 44.8 Å². The molecule has 0 aliphatic rings. The molecular weight excluding hydrogens is 144 g/mol. The topological polar surface area (TPSA) is 0 Å². The summed E-state index contributed by atoms with van der Waals surface area (Å²) in [5, 5.41) is 0. The Morgan fingerprint density at radius 1 is 1.08 bits per heavy atom. The van der Waals surface area contributed by atoms with Crippen molar-refractivity contribution in [2.24, 2.45) is 5.92 Å². The molecule has 0 spiro atoms. The monoisotopic (exact) mass is 168 g/mol. The molecule has 72 valence electrons. The molecule has 0 rings (SSSR count). The molecule has 0 saturated carbocycles. The molecule has 1 unspecified atom stereocenters. The van der Waals surface area contributed by atoms with Crippen LogP contribution in [0.4, 0.5) is 0 Å². The Hall–Kier alpha value is -0.260. The Morgan fingerprint density at radius 2 is 1.67 bits per heavy atom. The lowest BCUT2D eigenvalue weighted by Crippen LogP contribution is -2.00. The van der Waals surface area contributed by atoms with Crippen molar-refractivity contribution in [3.8, 4) is 0 Å². The summed E-state index contributed by atoms with van der Waals surface area (Å²) in [5.74, 6) is 0.806. The highest BCUT2D eigenvalue weighted by Gasteiger charge is 2.07. The second-order valence-corrected chi connectivity index (χ2v) is 3.96. The molecular formula is C12H24. The summed E-state index contributed by atoms with van der Waals surface area (Å²) in [6.07, 6.45) is 5.24. The Morgan fingerprint density at radius 3 is 2.00 bits per heavy atom. The molecule has 0 heteroatoms. The van der Waals surface area contributed by atoms with Crippen LogP contribution in [0.25, 0.3) is 0 Å². The number of allylic oxidation sites excluding steroid dienone is 2. The van der Waals surface area contributed by atoms with E-state index in [-0.39, 0.29) is 0 Å². The minimum atomic E-state index is 0.806. The van der Waals surface area contributed by atoms with E-state index in [2.05, 4.69) is 34.6 Å². The molecule has 0 aliphatic heterocycles. The van der Waals surface area contributed by atoms with Gasteiger partial charge in [0.05, 0.1) is 0 Å². The molecule has 0 nitrogen and oxygen atoms in total. The van der Waals surface area contributed by atoms with E-state index < -0.39 is 0 Å². The van der Waals surface area contributed by atoms with Crippen molar-refractivity contribution in [1.29, 1.82) is 0 Å². The zero-order valence-corrected chi connectivity index (χ0v) is 9.41. The van der Waals surface area contributed by atoms with Crippen molar-refractivity contribution in [2.75, 3.05) is 0 Å². The van der Waals surface area contributed by atoms with Crippen molar-refractivity contribution in [1.82, 2.24) is 0 Å². The third-order valence-electron chi connectivity index (χ3n) is 2.48. The highest BCUT2D eigenvalue weighted by Crippen LogP contribution is 2.23. The first kappa shape index (κ1) is 11.7. The van der Waals surface area contributed by atoms with E-state index in [1.807, 2.05) is 0 Å². The smallest absolute Gasteiger partial charge is 0.0229 e. The number of hydrogen-bond acceptors (Lipinski definition) is 0. The van der Waals surface area contributed by atoms with Gasteiger partial charge < -0.3 is 0 Å². The van der Waals surface area contributed by atoms with Gasteiger partial charge in [-0.15, -0.1) is 0 Å². The predicted octanol–water partition coefficient (Wildman–Crippen LogP) is 4.56. The van der Waals surface area contributed by atoms with Crippen LogP contribution in [0.1, 0.15) is 60.3 Å². The van der Waals surface area contributed by atoms with Gasteiger partial charge in [0.25, 0.3) is 0 Å². The lowest BCUT2D eigenvalue weighted by molar-refractivity contribution is 0.569. The van der Waals surface area contributed by atoms with Crippen molar-refractivity contribution in [3.05, 3.63) is 11.1 Å². The molecule has 0 heterocycles. The average Bonchev–Trinajstić information content (AvgIpc) is 1.99. The standard InChI is InChI=1S/C12H24/c1-6-8-11(5)12(9-7-2)10(3)4/h11H,6-9H2,1-5H3. The molecule has 0 amide bonds. The van der Waals surface area contributed by atoms with Gasteiger partial charge in [0, 0.05) is 0 Å². The van der Waals surface area contributed by atoms with E-state index in [1.165, 1.54) is 31.3 Å². The van der Waals surface area contributed by atoms with Gasteiger partial charge in [-0.05, 0) is 32.6 Å². The maximum absolute atomic E-state index is 2.36. The maximum atomic E-state index is 2.36. The van der Waals surface area contributed by atoms with E-state index in [1.54, 1.807) is 5.57 Å². The first-order chi connectivity index (χ1) is 5.63. The SMILES string of the molecule is CCCC(=C(C)C)C(C)CCC. The Labute approximate surface area is 78.1 Å². The zero-order valence-electron chi connectivity index (χ0n) is 9.41. The lowest BCUT2D eigenvalue weighted by atomic mass is 9.90. The quantitative estimate of drug-likeness (QED) is 0.528. The van der Waals surface area contributed by atoms with Crippen LogP contribution in [0.2, 0.25) is 0 Å². The van der Waals surface area contributed by atoms with Crippen LogP contribution >= 0.6 is 0 Å². The molecule has 0 aromatic carbocycles. The third-order valence-corrected chi connectivity index (χ3v) is 2.48. The van der Waals surface area contributed by atoms with Crippen LogP contribution in [-0.4, -0.2) is 0 Å². The van der Waals surface area contributed by atoms with E-state index in [4.69, 9.17) is 0 Å². The molecule has 0 bridgehead atoms. The van der Waals surface area contributed by atoms with Crippen molar-refractivity contribution >= 4 is 0 Å². The predicted molar refractivity (Wildman–Crippen MR) is 57.4 cm³/mol. The van der Waals surface area contributed by atoms with E-state index >= 15 is 0 Å². The molecule has 0 saturated heterocycles. The highest BCUT2D eigenvalue weighted by molar-refractivity contribution is 5.12. The summed E-state index contributed by atoms with van der Waals surface area (Å²) in [6, 6.07) is 0. The second-order valence-electron chi connectivity index (χ2n) is 3.96. The molecule has 0 N–H and O–H groups in total. The van der Waals surface area contributed by atoms with Gasteiger partial charge in [0.2, 0.25) is 0 Å². The normalized spacial score (nSPS) is 12.8. The van der Waals surface area contributed by atoms with Crippen LogP contribution in [-0.2, 0) is 0 Å². The molecule has 0 fully saturated rings. The second kappa shape index (κ2) is 6.28. The van der Waals surface area contributed by atoms with E-state index in [0.717, 1.165) is 5.92 Å². The minimum absolute atomic E-state index is 0.806. The zero-order chi connectivity index (χ0) is 9.56. The van der Waals surface area contributed by atoms with Gasteiger partial charge >= 0.3 is 0 Å². The molecule has 0 aliphatic carbocycles. The van der Waals surface area contributed by atoms with E-state index in [0.29, 0.717) is 0 Å². The Balaban J connectivity index is 4.20. The van der Waals surface area contributed by atoms with Crippen molar-refractivity contribution in [3.63, 3.8) is 0 Å². The van der Waals surface area contributed by atoms with Crippen LogP contribution in [0.5, 0.6) is 0 Å². The van der Waals surface area contributed by atoms with Crippen LogP contribution < -0.4 is 0 Å². The fourth-order valence-corrected chi connectivity index (χ4v) is 1.87. The highest BCUT2D eigenvalue weighted by atomic mass is 14.1. The van der Waals surface area contributed by atoms with Crippen molar-refractivity contribution < 1.29 is 0 Å². The summed E-state index contributed by atoms with van der Waals surface area (Å²) >= 11 is 0. The van der Waals surface area contributed by atoms with Gasteiger partial charge in [0.1, 0.15) is 0 Å².